The monoisotopic (exact) mass is 310 g/mol. The van der Waals surface area contributed by atoms with Crippen molar-refractivity contribution >= 4 is 10.0 Å². The number of nitrogens with two attached hydrogens (primary N) is 1. The predicted octanol–water partition coefficient (Wildman–Crippen LogP) is 1.47. The molecular weight excluding hydrogens is 295 g/mol. The molecule has 0 saturated carbocycles. The lowest BCUT2D eigenvalue weighted by atomic mass is 10.2. The molecule has 0 atom stereocenters. The maximum absolute atomic E-state index is 13.1. The minimum Gasteiger partial charge on any atom is -0.508 e. The summed E-state index contributed by atoms with van der Waals surface area (Å²) in [5, 5.41) is 17.6. The van der Waals surface area contributed by atoms with Crippen LogP contribution in [-0.4, -0.2) is 13.5 Å². The zero-order valence-electron chi connectivity index (χ0n) is 11.1. The van der Waals surface area contributed by atoms with Gasteiger partial charge in [0.1, 0.15) is 11.6 Å². The number of phenols is 1. The molecule has 7 heteroatoms. The molecule has 5 nitrogen and oxygen atoms in total. The van der Waals surface area contributed by atoms with Crippen LogP contribution in [0.4, 0.5) is 4.39 Å². The highest BCUT2D eigenvalue weighted by Gasteiger charge is 2.08. The van der Waals surface area contributed by atoms with Crippen molar-refractivity contribution in [2.45, 2.75) is 18.0 Å². The van der Waals surface area contributed by atoms with E-state index in [0.29, 0.717) is 12.1 Å². The van der Waals surface area contributed by atoms with Crippen LogP contribution >= 0.6 is 0 Å². The molecule has 0 aromatic heterocycles. The van der Waals surface area contributed by atoms with E-state index in [1.54, 1.807) is 12.1 Å². The smallest absolute Gasteiger partial charge is 0.238 e. The lowest BCUT2D eigenvalue weighted by Crippen LogP contribution is -2.15. The van der Waals surface area contributed by atoms with Crippen LogP contribution in [0.5, 0.6) is 5.75 Å². The van der Waals surface area contributed by atoms with Crippen LogP contribution in [0.15, 0.2) is 47.4 Å². The minimum absolute atomic E-state index is 0.00202. The fraction of sp³-hybridized carbons (Fsp3) is 0.143. The molecule has 2 aromatic carbocycles. The number of hydrogen-bond acceptors (Lipinski definition) is 4. The zero-order valence-corrected chi connectivity index (χ0v) is 11.9. The number of aromatic hydroxyl groups is 1. The molecule has 0 aliphatic rings. The van der Waals surface area contributed by atoms with Crippen molar-refractivity contribution in [2.75, 3.05) is 0 Å². The second-order valence-corrected chi connectivity index (χ2v) is 6.13. The third kappa shape index (κ3) is 4.25. The maximum atomic E-state index is 13.1. The Balaban J connectivity index is 2.02. The normalized spacial score (nSPS) is 11.5. The summed E-state index contributed by atoms with van der Waals surface area (Å²) in [5.41, 5.74) is 1.15. The van der Waals surface area contributed by atoms with Gasteiger partial charge in [0.15, 0.2) is 0 Å². The van der Waals surface area contributed by atoms with Crippen LogP contribution in [0, 0.1) is 5.82 Å². The van der Waals surface area contributed by atoms with E-state index < -0.39 is 15.8 Å². The van der Waals surface area contributed by atoms with Crippen LogP contribution < -0.4 is 10.5 Å². The molecule has 21 heavy (non-hydrogen) atoms. The van der Waals surface area contributed by atoms with E-state index in [0.717, 1.165) is 5.56 Å². The molecule has 0 bridgehead atoms. The molecule has 2 rings (SSSR count). The van der Waals surface area contributed by atoms with Gasteiger partial charge in [0.2, 0.25) is 10.0 Å². The number of primary sulfonamides is 1. The van der Waals surface area contributed by atoms with Crippen molar-refractivity contribution in [3.8, 4) is 5.75 Å². The fourth-order valence-corrected chi connectivity index (χ4v) is 2.45. The summed E-state index contributed by atoms with van der Waals surface area (Å²) >= 11 is 0. The standard InChI is InChI=1S/C14H15FN2O3S/c15-12-4-5-14(18)11(7-12)9-17-8-10-2-1-3-13(6-10)21(16,19)20/h1-7,17-18H,8-9H2,(H2,16,19,20). The average molecular weight is 310 g/mol. The average Bonchev–Trinajstić information content (AvgIpc) is 2.42. The summed E-state index contributed by atoms with van der Waals surface area (Å²) in [6, 6.07) is 9.92. The van der Waals surface area contributed by atoms with E-state index >= 15 is 0 Å². The Morgan fingerprint density at radius 3 is 2.62 bits per heavy atom. The van der Waals surface area contributed by atoms with Crippen LogP contribution in [0.1, 0.15) is 11.1 Å². The van der Waals surface area contributed by atoms with Gasteiger partial charge in [-0.05, 0) is 35.9 Å². The van der Waals surface area contributed by atoms with Gasteiger partial charge < -0.3 is 10.4 Å². The topological polar surface area (TPSA) is 92.4 Å². The van der Waals surface area contributed by atoms with Crippen molar-refractivity contribution in [1.29, 1.82) is 0 Å². The van der Waals surface area contributed by atoms with Gasteiger partial charge in [-0.25, -0.2) is 17.9 Å². The van der Waals surface area contributed by atoms with Gasteiger partial charge in [0.05, 0.1) is 4.90 Å². The maximum Gasteiger partial charge on any atom is 0.238 e. The molecule has 0 amide bonds. The summed E-state index contributed by atoms with van der Waals surface area (Å²) in [7, 11) is -3.73. The third-order valence-electron chi connectivity index (χ3n) is 2.91. The Kier molecular flexibility index (Phi) is 4.56. The minimum atomic E-state index is -3.73. The van der Waals surface area contributed by atoms with E-state index in [-0.39, 0.29) is 17.2 Å². The molecule has 0 unspecified atom stereocenters. The molecular formula is C14H15FN2O3S. The summed E-state index contributed by atoms with van der Waals surface area (Å²) in [6.45, 7) is 0.614. The van der Waals surface area contributed by atoms with Crippen molar-refractivity contribution in [2.24, 2.45) is 5.14 Å². The summed E-state index contributed by atoms with van der Waals surface area (Å²) in [4.78, 5) is 0.0374. The van der Waals surface area contributed by atoms with E-state index in [4.69, 9.17) is 5.14 Å². The van der Waals surface area contributed by atoms with E-state index in [1.165, 1.54) is 30.3 Å². The number of rotatable bonds is 5. The van der Waals surface area contributed by atoms with Crippen LogP contribution in [0.25, 0.3) is 0 Å². The quantitative estimate of drug-likeness (QED) is 0.779. The molecule has 0 spiro atoms. The first kappa shape index (κ1) is 15.4. The van der Waals surface area contributed by atoms with Gasteiger partial charge in [-0.1, -0.05) is 12.1 Å². The molecule has 4 N–H and O–H groups in total. The van der Waals surface area contributed by atoms with Crippen molar-refractivity contribution in [3.05, 3.63) is 59.4 Å². The van der Waals surface area contributed by atoms with Crippen LogP contribution in [0.3, 0.4) is 0 Å². The Labute approximate surface area is 122 Å². The highest BCUT2D eigenvalue weighted by molar-refractivity contribution is 7.89. The van der Waals surface area contributed by atoms with Gasteiger partial charge in [0.25, 0.3) is 0 Å². The molecule has 0 heterocycles. The highest BCUT2D eigenvalue weighted by atomic mass is 32.2. The second-order valence-electron chi connectivity index (χ2n) is 4.57. The Bertz CT molecular complexity index is 748. The predicted molar refractivity (Wildman–Crippen MR) is 76.4 cm³/mol. The highest BCUT2D eigenvalue weighted by Crippen LogP contribution is 2.17. The van der Waals surface area contributed by atoms with Gasteiger partial charge in [0, 0.05) is 18.7 Å². The first-order valence-electron chi connectivity index (χ1n) is 6.16. The van der Waals surface area contributed by atoms with E-state index in [1.807, 2.05) is 0 Å². The fourth-order valence-electron chi connectivity index (χ4n) is 1.87. The lowest BCUT2D eigenvalue weighted by molar-refractivity contribution is 0.461. The number of hydrogen-bond donors (Lipinski definition) is 3. The van der Waals surface area contributed by atoms with Crippen molar-refractivity contribution in [1.82, 2.24) is 5.32 Å². The Morgan fingerprint density at radius 1 is 1.14 bits per heavy atom. The third-order valence-corrected chi connectivity index (χ3v) is 3.82. The number of nitrogens with one attached hydrogen (secondary N) is 1. The number of sulfonamides is 1. The zero-order chi connectivity index (χ0) is 15.5. The largest absolute Gasteiger partial charge is 0.508 e. The SMILES string of the molecule is NS(=O)(=O)c1cccc(CNCc2cc(F)ccc2O)c1. The van der Waals surface area contributed by atoms with Gasteiger partial charge in [-0.3, -0.25) is 0 Å². The molecule has 0 saturated heterocycles. The lowest BCUT2D eigenvalue weighted by Gasteiger charge is -2.08. The van der Waals surface area contributed by atoms with Gasteiger partial charge >= 0.3 is 0 Å². The number of halogens is 1. The molecule has 112 valence electrons. The van der Waals surface area contributed by atoms with Gasteiger partial charge in [-0.2, -0.15) is 0 Å². The second kappa shape index (κ2) is 6.21. The van der Waals surface area contributed by atoms with E-state index in [9.17, 15) is 17.9 Å². The Hall–Kier alpha value is -1.96. The van der Waals surface area contributed by atoms with Crippen LogP contribution in [-0.2, 0) is 23.1 Å². The Morgan fingerprint density at radius 2 is 1.90 bits per heavy atom. The summed E-state index contributed by atoms with van der Waals surface area (Å²) < 4.78 is 35.6. The first-order chi connectivity index (χ1) is 9.86. The summed E-state index contributed by atoms with van der Waals surface area (Å²) in [5.74, 6) is -0.428. The van der Waals surface area contributed by atoms with Gasteiger partial charge in [-0.15, -0.1) is 0 Å². The number of benzene rings is 2. The van der Waals surface area contributed by atoms with Crippen molar-refractivity contribution < 1.29 is 17.9 Å². The summed E-state index contributed by atoms with van der Waals surface area (Å²) in [6.07, 6.45) is 0. The first-order valence-corrected chi connectivity index (χ1v) is 7.71. The molecule has 0 aliphatic carbocycles. The molecule has 0 radical (unpaired) electrons. The molecule has 0 aliphatic heterocycles. The molecule has 0 fully saturated rings. The van der Waals surface area contributed by atoms with Crippen molar-refractivity contribution in [3.63, 3.8) is 0 Å². The van der Waals surface area contributed by atoms with E-state index in [2.05, 4.69) is 5.32 Å². The van der Waals surface area contributed by atoms with Crippen LogP contribution in [0.2, 0.25) is 0 Å². The molecule has 2 aromatic rings. The number of phenolic OH excluding ortho intramolecular Hbond substituents is 1.